The van der Waals surface area contributed by atoms with Gasteiger partial charge in [0.05, 0.1) is 11.1 Å². The van der Waals surface area contributed by atoms with E-state index in [1.807, 2.05) is 0 Å². The van der Waals surface area contributed by atoms with E-state index in [2.05, 4.69) is 15.3 Å². The molecule has 0 unspecified atom stereocenters. The van der Waals surface area contributed by atoms with Crippen LogP contribution in [-0.2, 0) is 12.4 Å². The molecule has 8 N–H and O–H groups in total. The van der Waals surface area contributed by atoms with Crippen molar-refractivity contribution in [1.29, 1.82) is 0 Å². The number of oxime groups is 2. The summed E-state index contributed by atoms with van der Waals surface area (Å²) in [6.45, 7) is 1.78. The predicted molar refractivity (Wildman–Crippen MR) is 195 cm³/mol. The summed E-state index contributed by atoms with van der Waals surface area (Å²) in [5.41, 5.74) is 10.8. The molecule has 0 aliphatic heterocycles. The molecule has 0 spiro atoms. The molecule has 57 heavy (non-hydrogen) atoms. The Morgan fingerprint density at radius 2 is 1.02 bits per heavy atom. The summed E-state index contributed by atoms with van der Waals surface area (Å²) >= 11 is 0. The number of aromatic nitrogens is 1. The van der Waals surface area contributed by atoms with Gasteiger partial charge in [-0.15, -0.1) is 0 Å². The van der Waals surface area contributed by atoms with Gasteiger partial charge < -0.3 is 32.1 Å². The van der Waals surface area contributed by atoms with E-state index in [0.29, 0.717) is 28.8 Å². The number of amidine groups is 2. The summed E-state index contributed by atoms with van der Waals surface area (Å²) in [6.07, 6.45) is -6.35. The molecule has 0 saturated heterocycles. The lowest BCUT2D eigenvalue weighted by molar-refractivity contribution is -0.138. The number of nitrogens with two attached hydrogens (primary N) is 2. The first kappa shape index (κ1) is 41.0. The molecule has 0 aliphatic rings. The molecule has 0 atom stereocenters. The predicted octanol–water partition coefficient (Wildman–Crippen LogP) is 9.66. The molecule has 0 fully saturated rings. The van der Waals surface area contributed by atoms with Crippen molar-refractivity contribution >= 4 is 11.7 Å². The van der Waals surface area contributed by atoms with Crippen LogP contribution in [0.4, 0.5) is 35.1 Å². The summed E-state index contributed by atoms with van der Waals surface area (Å²) < 4.78 is 109. The maximum absolute atomic E-state index is 14.5. The number of pyridine rings is 1. The SMILES string of the molecule is Cc1ccncc1-c1c(C(N)=NO)cc(C(F)(F)F)cc1-c1ccc(O)cc1.NC(=NO)c1cc(C(F)(F)F)cc(-c2ccc(O)cc2)c1-c1ccc(F)cc1F. The van der Waals surface area contributed by atoms with Crippen LogP contribution in [0.15, 0.2) is 120 Å². The molecule has 9 nitrogen and oxygen atoms in total. The van der Waals surface area contributed by atoms with Crippen LogP contribution in [0.2, 0.25) is 0 Å². The van der Waals surface area contributed by atoms with Gasteiger partial charge >= 0.3 is 12.4 Å². The van der Waals surface area contributed by atoms with Gasteiger partial charge in [-0.3, -0.25) is 4.98 Å². The monoisotopic (exact) mass is 795 g/mol. The standard InChI is InChI=1S/C20H13F5N2O2.C20H16F3N3O2/c21-12-3-6-14(17(22)9-12)18-15(10-1-4-13(28)5-2-10)7-11(20(23,24)25)8-16(18)19(26)27-29;1-11-6-7-25-10-17(11)18-15(12-2-4-14(27)5-3-12)8-13(20(21,22)23)9-16(18)19(24)26-28/h1-9,28-29H,(H2,26,27);2-10,27-28H,1H3,(H2,24,26). The van der Waals surface area contributed by atoms with Gasteiger partial charge in [0, 0.05) is 51.8 Å². The lowest BCUT2D eigenvalue weighted by atomic mass is 9.87. The Bertz CT molecular complexity index is 2490. The molecule has 6 aromatic rings. The third-order valence-corrected chi connectivity index (χ3v) is 8.56. The van der Waals surface area contributed by atoms with Gasteiger partial charge in [-0.1, -0.05) is 34.6 Å². The van der Waals surface area contributed by atoms with Gasteiger partial charge in [-0.25, -0.2) is 8.78 Å². The highest BCUT2D eigenvalue weighted by Crippen LogP contribution is 2.43. The molecule has 17 heteroatoms. The normalized spacial score (nSPS) is 12.2. The Kier molecular flexibility index (Phi) is 11.7. The first-order chi connectivity index (χ1) is 26.8. The van der Waals surface area contributed by atoms with Crippen LogP contribution >= 0.6 is 0 Å². The van der Waals surface area contributed by atoms with E-state index in [9.17, 15) is 45.3 Å². The second-order valence-electron chi connectivity index (χ2n) is 12.3. The van der Waals surface area contributed by atoms with Crippen LogP contribution in [0, 0.1) is 18.6 Å². The second kappa shape index (κ2) is 16.3. The number of alkyl halides is 6. The fourth-order valence-corrected chi connectivity index (χ4v) is 5.86. The minimum atomic E-state index is -4.78. The first-order valence-corrected chi connectivity index (χ1v) is 16.3. The minimum absolute atomic E-state index is 0.0218. The Labute approximate surface area is 318 Å². The number of nitrogens with zero attached hydrogens (tertiary/aromatic N) is 3. The Balaban J connectivity index is 0.000000218. The average molecular weight is 796 g/mol. The number of hydrogen-bond donors (Lipinski definition) is 6. The Hall–Kier alpha value is -7.17. The molecular weight excluding hydrogens is 766 g/mol. The minimum Gasteiger partial charge on any atom is -0.508 e. The topological polar surface area (TPSA) is 171 Å². The molecule has 0 amide bonds. The zero-order chi connectivity index (χ0) is 41.8. The molecule has 0 bridgehead atoms. The zero-order valence-electron chi connectivity index (χ0n) is 29.2. The smallest absolute Gasteiger partial charge is 0.416 e. The van der Waals surface area contributed by atoms with Crippen LogP contribution < -0.4 is 11.5 Å². The molecule has 294 valence electrons. The number of aryl methyl sites for hydroxylation is 1. The highest BCUT2D eigenvalue weighted by atomic mass is 19.4. The van der Waals surface area contributed by atoms with Gasteiger partial charge in [0.15, 0.2) is 11.7 Å². The molecule has 5 aromatic carbocycles. The quantitative estimate of drug-likeness (QED) is 0.0320. The summed E-state index contributed by atoms with van der Waals surface area (Å²) in [6, 6.07) is 18.4. The fourth-order valence-electron chi connectivity index (χ4n) is 5.86. The van der Waals surface area contributed by atoms with E-state index in [1.165, 1.54) is 54.7 Å². The maximum Gasteiger partial charge on any atom is 0.416 e. The highest BCUT2D eigenvalue weighted by Gasteiger charge is 2.35. The van der Waals surface area contributed by atoms with E-state index < -0.39 is 52.3 Å². The van der Waals surface area contributed by atoms with Crippen molar-refractivity contribution in [2.24, 2.45) is 21.8 Å². The number of aromatic hydroxyl groups is 2. The van der Waals surface area contributed by atoms with Crippen LogP contribution in [-0.4, -0.2) is 37.3 Å². The van der Waals surface area contributed by atoms with E-state index >= 15 is 0 Å². The molecule has 1 aromatic heterocycles. The Morgan fingerprint density at radius 1 is 0.579 bits per heavy atom. The fraction of sp³-hybridized carbons (Fsp3) is 0.0750. The summed E-state index contributed by atoms with van der Waals surface area (Å²) in [4.78, 5) is 4.06. The highest BCUT2D eigenvalue weighted by molar-refractivity contribution is 6.08. The summed E-state index contributed by atoms with van der Waals surface area (Å²) in [5.74, 6) is -3.22. The maximum atomic E-state index is 14.5. The molecular formula is C40H29F8N5O4. The third kappa shape index (κ3) is 9.04. The average Bonchev–Trinajstić information content (AvgIpc) is 3.17. The van der Waals surface area contributed by atoms with Gasteiger partial charge in [-0.05, 0) is 101 Å². The molecule has 0 aliphatic carbocycles. The van der Waals surface area contributed by atoms with Crippen LogP contribution in [0.5, 0.6) is 11.5 Å². The van der Waals surface area contributed by atoms with Crippen LogP contribution in [0.3, 0.4) is 0 Å². The number of benzene rings is 5. The number of phenols is 2. The largest absolute Gasteiger partial charge is 0.508 e. The molecule has 1 heterocycles. The molecule has 0 radical (unpaired) electrons. The van der Waals surface area contributed by atoms with Gasteiger partial charge in [-0.2, -0.15) is 26.3 Å². The van der Waals surface area contributed by atoms with Gasteiger partial charge in [0.25, 0.3) is 0 Å². The van der Waals surface area contributed by atoms with Gasteiger partial charge in [0.2, 0.25) is 0 Å². The summed E-state index contributed by atoms with van der Waals surface area (Å²) in [7, 11) is 0. The molecule has 6 rings (SSSR count). The lowest BCUT2D eigenvalue weighted by Gasteiger charge is -2.19. The van der Waals surface area contributed by atoms with Crippen molar-refractivity contribution in [3.63, 3.8) is 0 Å². The van der Waals surface area contributed by atoms with Crippen molar-refractivity contribution in [2.75, 3.05) is 0 Å². The number of halogens is 8. The van der Waals surface area contributed by atoms with Crippen molar-refractivity contribution in [3.05, 3.63) is 149 Å². The Morgan fingerprint density at radius 3 is 1.40 bits per heavy atom. The van der Waals surface area contributed by atoms with Gasteiger partial charge in [0.1, 0.15) is 23.1 Å². The van der Waals surface area contributed by atoms with Crippen molar-refractivity contribution in [2.45, 2.75) is 19.3 Å². The first-order valence-electron chi connectivity index (χ1n) is 16.3. The third-order valence-electron chi connectivity index (χ3n) is 8.56. The number of phenolic OH excluding ortho intramolecular Hbond substituents is 2. The summed E-state index contributed by atoms with van der Waals surface area (Å²) in [5, 5.41) is 42.9. The van der Waals surface area contributed by atoms with E-state index in [4.69, 9.17) is 21.9 Å². The van der Waals surface area contributed by atoms with Crippen LogP contribution in [0.25, 0.3) is 44.5 Å². The van der Waals surface area contributed by atoms with Crippen LogP contribution in [0.1, 0.15) is 27.8 Å². The number of rotatable bonds is 6. The number of hydrogen-bond acceptors (Lipinski definition) is 7. The van der Waals surface area contributed by atoms with Crippen molar-refractivity contribution in [1.82, 2.24) is 4.98 Å². The van der Waals surface area contributed by atoms with E-state index in [-0.39, 0.29) is 44.9 Å². The van der Waals surface area contributed by atoms with E-state index in [0.717, 1.165) is 35.9 Å². The van der Waals surface area contributed by atoms with Crippen molar-refractivity contribution < 1.29 is 55.8 Å². The lowest BCUT2D eigenvalue weighted by Crippen LogP contribution is -2.17. The second-order valence-corrected chi connectivity index (χ2v) is 12.3. The zero-order valence-corrected chi connectivity index (χ0v) is 29.2. The molecule has 0 saturated carbocycles. The van der Waals surface area contributed by atoms with Crippen molar-refractivity contribution in [3.8, 4) is 56.0 Å². The van der Waals surface area contributed by atoms with E-state index in [1.54, 1.807) is 19.2 Å².